The van der Waals surface area contributed by atoms with E-state index in [1.54, 1.807) is 11.9 Å². The summed E-state index contributed by atoms with van der Waals surface area (Å²) in [6.45, 7) is 0. The van der Waals surface area contributed by atoms with Crippen molar-refractivity contribution in [3.05, 3.63) is 56.4 Å². The Labute approximate surface area is 155 Å². The van der Waals surface area contributed by atoms with Crippen molar-refractivity contribution >= 4 is 62.9 Å². The maximum Gasteiger partial charge on any atom is 0.229 e. The Balaban J connectivity index is 2.34. The van der Waals surface area contributed by atoms with Crippen LogP contribution in [0.25, 0.3) is 10.9 Å². The molecule has 0 fully saturated rings. The van der Waals surface area contributed by atoms with E-state index in [0.717, 1.165) is 15.6 Å². The Morgan fingerprint density at radius 1 is 1.33 bits per heavy atom. The zero-order valence-electron chi connectivity index (χ0n) is 12.5. The average molecular weight is 456 g/mol. The molecule has 2 N–H and O–H groups in total. The summed E-state index contributed by atoms with van der Waals surface area (Å²) in [5.41, 5.74) is 1.18. The molecule has 0 atom stereocenters. The van der Waals surface area contributed by atoms with Crippen LogP contribution in [0.5, 0.6) is 0 Å². The van der Waals surface area contributed by atoms with Crippen molar-refractivity contribution in [2.75, 3.05) is 11.9 Å². The van der Waals surface area contributed by atoms with Crippen molar-refractivity contribution in [3.8, 4) is 0 Å². The summed E-state index contributed by atoms with van der Waals surface area (Å²) in [5, 5.41) is 15.9. The standard InChI is InChI=1S/C16H12ClFIN5/c1-23(10-4-2-3-9(19)5-10)15-11-6-13(18)12(17)7-14(11)24(8-20)16(21)22-15/h2-8,20-21H,1H3. The van der Waals surface area contributed by atoms with Gasteiger partial charge in [-0.1, -0.05) is 17.7 Å². The molecule has 3 rings (SSSR count). The first-order valence-corrected chi connectivity index (χ1v) is 8.34. The molecule has 1 heterocycles. The van der Waals surface area contributed by atoms with Gasteiger partial charge in [0.25, 0.3) is 0 Å². The zero-order valence-corrected chi connectivity index (χ0v) is 15.4. The lowest BCUT2D eigenvalue weighted by Crippen LogP contribution is -2.26. The molecule has 0 spiro atoms. The molecule has 8 heteroatoms. The number of nitrogens with one attached hydrogen (secondary N) is 2. The molecule has 0 aliphatic heterocycles. The minimum absolute atomic E-state index is 0.0634. The highest BCUT2D eigenvalue weighted by atomic mass is 127. The van der Waals surface area contributed by atoms with Crippen molar-refractivity contribution in [3.63, 3.8) is 0 Å². The predicted molar refractivity (Wildman–Crippen MR) is 102 cm³/mol. The van der Waals surface area contributed by atoms with Crippen molar-refractivity contribution in [2.24, 2.45) is 0 Å². The second-order valence-electron chi connectivity index (χ2n) is 5.08. The van der Waals surface area contributed by atoms with Gasteiger partial charge in [-0.05, 0) is 52.9 Å². The lowest BCUT2D eigenvalue weighted by Gasteiger charge is -2.21. The Hall–Kier alpha value is -2.00. The molecule has 0 saturated heterocycles. The maximum atomic E-state index is 14.0. The molecular weight excluding hydrogens is 444 g/mol. The van der Waals surface area contributed by atoms with Crippen LogP contribution in [0.15, 0.2) is 36.4 Å². The van der Waals surface area contributed by atoms with Gasteiger partial charge in [-0.25, -0.2) is 4.39 Å². The third-order valence-corrected chi connectivity index (χ3v) is 4.58. The molecule has 0 saturated carbocycles. The van der Waals surface area contributed by atoms with Crippen LogP contribution < -0.4 is 10.5 Å². The first kappa shape index (κ1) is 16.8. The molecule has 0 aliphatic rings. The number of hydrogen-bond donors (Lipinski definition) is 2. The van der Waals surface area contributed by atoms with E-state index in [4.69, 9.17) is 22.4 Å². The van der Waals surface area contributed by atoms with E-state index >= 15 is 0 Å². The van der Waals surface area contributed by atoms with Gasteiger partial charge < -0.3 is 4.90 Å². The normalized spacial score (nSPS) is 10.8. The first-order chi connectivity index (χ1) is 11.4. The number of halogens is 3. The van der Waals surface area contributed by atoms with E-state index in [1.807, 2.05) is 24.3 Å². The fraction of sp³-hybridized carbons (Fsp3) is 0.0625. The molecule has 0 aliphatic carbocycles. The molecule has 3 aromatic rings. The molecule has 0 amide bonds. The second kappa shape index (κ2) is 6.48. The number of rotatable bonds is 3. The highest BCUT2D eigenvalue weighted by Gasteiger charge is 2.16. The number of benzene rings is 2. The fourth-order valence-corrected chi connectivity index (χ4v) is 3.12. The summed E-state index contributed by atoms with van der Waals surface area (Å²) in [7, 11) is 1.80. The highest BCUT2D eigenvalue weighted by molar-refractivity contribution is 14.1. The van der Waals surface area contributed by atoms with Crippen LogP contribution in [0.3, 0.4) is 0 Å². The minimum atomic E-state index is -0.572. The van der Waals surface area contributed by atoms with Crippen LogP contribution in [-0.2, 0) is 0 Å². The zero-order chi connectivity index (χ0) is 17.4. The molecule has 5 nitrogen and oxygen atoms in total. The first-order valence-electron chi connectivity index (χ1n) is 6.88. The number of hydrogen-bond acceptors (Lipinski definition) is 4. The summed E-state index contributed by atoms with van der Waals surface area (Å²) in [6.07, 6.45) is 0.959. The number of aromatic nitrogens is 2. The summed E-state index contributed by atoms with van der Waals surface area (Å²) >= 11 is 8.09. The van der Waals surface area contributed by atoms with E-state index in [0.29, 0.717) is 16.7 Å². The van der Waals surface area contributed by atoms with Crippen LogP contribution in [0.1, 0.15) is 0 Å². The lowest BCUT2D eigenvalue weighted by molar-refractivity contribution is 0.629. The lowest BCUT2D eigenvalue weighted by atomic mass is 10.2. The van der Waals surface area contributed by atoms with Crippen molar-refractivity contribution < 1.29 is 4.39 Å². The largest absolute Gasteiger partial charge is 0.329 e. The summed E-state index contributed by atoms with van der Waals surface area (Å²) in [5.74, 6) is -0.150. The molecule has 2 aromatic carbocycles. The Morgan fingerprint density at radius 2 is 2.08 bits per heavy atom. The van der Waals surface area contributed by atoms with Crippen molar-refractivity contribution in [1.82, 2.24) is 9.55 Å². The smallest absolute Gasteiger partial charge is 0.229 e. The van der Waals surface area contributed by atoms with E-state index in [1.165, 1.54) is 16.7 Å². The molecule has 122 valence electrons. The third-order valence-electron chi connectivity index (χ3n) is 3.62. The van der Waals surface area contributed by atoms with Gasteiger partial charge >= 0.3 is 0 Å². The van der Waals surface area contributed by atoms with Gasteiger partial charge in [-0.3, -0.25) is 15.4 Å². The van der Waals surface area contributed by atoms with Crippen LogP contribution in [0, 0.1) is 20.2 Å². The van der Waals surface area contributed by atoms with E-state index in [-0.39, 0.29) is 10.6 Å². The average Bonchev–Trinajstić information content (AvgIpc) is 2.55. The topological polar surface area (TPSA) is 68.8 Å². The van der Waals surface area contributed by atoms with Gasteiger partial charge in [0.1, 0.15) is 11.6 Å². The molecule has 0 radical (unpaired) electrons. The maximum absolute atomic E-state index is 14.0. The summed E-state index contributed by atoms with van der Waals surface area (Å²) < 4.78 is 16.3. The number of anilines is 2. The SMILES string of the molecule is CN(c1cccc(I)c1)c1nc(=N)n(C=N)c2cc(Cl)c(F)cc12. The Bertz CT molecular complexity index is 1020. The van der Waals surface area contributed by atoms with Gasteiger partial charge in [0.2, 0.25) is 5.62 Å². The highest BCUT2D eigenvalue weighted by Crippen LogP contribution is 2.31. The summed E-state index contributed by atoms with van der Waals surface area (Å²) in [4.78, 5) is 6.02. The Morgan fingerprint density at radius 3 is 2.75 bits per heavy atom. The predicted octanol–water partition coefficient (Wildman–Crippen LogP) is 4.14. The second-order valence-corrected chi connectivity index (χ2v) is 6.73. The van der Waals surface area contributed by atoms with Gasteiger partial charge in [-0.15, -0.1) is 0 Å². The molecule has 24 heavy (non-hydrogen) atoms. The molecular formula is C16H12ClFIN5. The van der Waals surface area contributed by atoms with E-state index < -0.39 is 5.82 Å². The number of fused-ring (bicyclic) bond motifs is 1. The quantitative estimate of drug-likeness (QED) is 0.354. The van der Waals surface area contributed by atoms with Crippen molar-refractivity contribution in [2.45, 2.75) is 0 Å². The molecule has 1 aromatic heterocycles. The van der Waals surface area contributed by atoms with Crippen LogP contribution in [0.4, 0.5) is 15.9 Å². The number of nitrogens with zero attached hydrogens (tertiary/aromatic N) is 3. The van der Waals surface area contributed by atoms with Gasteiger partial charge in [0, 0.05) is 21.7 Å². The fourth-order valence-electron chi connectivity index (χ4n) is 2.44. The Kier molecular flexibility index (Phi) is 4.55. The van der Waals surface area contributed by atoms with Crippen molar-refractivity contribution in [1.29, 1.82) is 10.8 Å². The monoisotopic (exact) mass is 455 g/mol. The van der Waals surface area contributed by atoms with Crippen LogP contribution in [-0.4, -0.2) is 22.9 Å². The van der Waals surface area contributed by atoms with Crippen LogP contribution in [0.2, 0.25) is 5.02 Å². The summed E-state index contributed by atoms with van der Waals surface area (Å²) in [6, 6.07) is 10.4. The van der Waals surface area contributed by atoms with Gasteiger partial charge in [0.15, 0.2) is 0 Å². The molecule has 0 bridgehead atoms. The minimum Gasteiger partial charge on any atom is -0.329 e. The van der Waals surface area contributed by atoms with E-state index in [9.17, 15) is 4.39 Å². The third kappa shape index (κ3) is 2.89. The van der Waals surface area contributed by atoms with Crippen LogP contribution >= 0.6 is 34.2 Å². The van der Waals surface area contributed by atoms with Gasteiger partial charge in [-0.2, -0.15) is 4.98 Å². The van der Waals surface area contributed by atoms with Gasteiger partial charge in [0.05, 0.1) is 16.9 Å². The molecule has 0 unspecified atom stereocenters. The van der Waals surface area contributed by atoms with E-state index in [2.05, 4.69) is 27.6 Å².